The highest BCUT2D eigenvalue weighted by Crippen LogP contribution is 2.38. The monoisotopic (exact) mass is 371 g/mol. The number of carbonyl (C=O) groups excluding carboxylic acids is 1. The molecular weight excluding hydrogens is 354 g/mol. The van der Waals surface area contributed by atoms with Gasteiger partial charge in [0.25, 0.3) is 0 Å². The zero-order valence-corrected chi connectivity index (χ0v) is 15.2. The fourth-order valence-electron chi connectivity index (χ4n) is 3.54. The average Bonchev–Trinajstić information content (AvgIpc) is 3.24. The molecule has 0 aliphatic carbocycles. The van der Waals surface area contributed by atoms with Crippen LogP contribution in [0.1, 0.15) is 17.5 Å². The molecule has 2 N–H and O–H groups in total. The van der Waals surface area contributed by atoms with Crippen molar-refractivity contribution in [2.75, 3.05) is 12.3 Å². The van der Waals surface area contributed by atoms with E-state index < -0.39 is 5.97 Å². The second kappa shape index (κ2) is 6.16. The van der Waals surface area contributed by atoms with Gasteiger partial charge < -0.3 is 19.3 Å². The summed E-state index contributed by atoms with van der Waals surface area (Å²) in [6, 6.07) is 20.0. The maximum Gasteiger partial charge on any atom is 0.376 e. The Hall–Kier alpha value is -3.73. The molecule has 0 radical (unpaired) electrons. The number of anilines is 1. The SMILES string of the molecule is CCOC(=O)c1oc2cc3oc4cc(-c5ccccc5)ccc4c3cc2c1N. The lowest BCUT2D eigenvalue weighted by molar-refractivity contribution is 0.0494. The number of carbonyl (C=O) groups is 1. The molecule has 2 aromatic heterocycles. The van der Waals surface area contributed by atoms with Crippen molar-refractivity contribution in [2.45, 2.75) is 6.92 Å². The van der Waals surface area contributed by atoms with Gasteiger partial charge in [-0.25, -0.2) is 4.79 Å². The topological polar surface area (TPSA) is 78.6 Å². The summed E-state index contributed by atoms with van der Waals surface area (Å²) in [5.74, 6) is -0.537. The molecule has 138 valence electrons. The number of rotatable bonds is 3. The minimum absolute atomic E-state index is 0.0279. The standard InChI is InChI=1S/C23H17NO4/c1-2-26-23(25)22-21(24)17-11-16-15-9-8-14(13-6-4-3-5-7-13)10-18(15)27-19(16)12-20(17)28-22/h3-12H,2,24H2,1H3. The second-order valence-corrected chi connectivity index (χ2v) is 6.59. The molecule has 0 aliphatic rings. The Morgan fingerprint density at radius 3 is 2.39 bits per heavy atom. The molecular formula is C23H17NO4. The highest BCUT2D eigenvalue weighted by molar-refractivity contribution is 6.13. The van der Waals surface area contributed by atoms with Crippen LogP contribution in [0.15, 0.2) is 69.5 Å². The van der Waals surface area contributed by atoms with Crippen LogP contribution >= 0.6 is 0 Å². The molecule has 3 aromatic carbocycles. The van der Waals surface area contributed by atoms with E-state index in [0.717, 1.165) is 27.5 Å². The first kappa shape index (κ1) is 16.4. The van der Waals surface area contributed by atoms with Crippen LogP contribution in [-0.4, -0.2) is 12.6 Å². The van der Waals surface area contributed by atoms with Crippen molar-refractivity contribution >= 4 is 44.6 Å². The number of benzene rings is 3. The van der Waals surface area contributed by atoms with E-state index in [-0.39, 0.29) is 18.1 Å². The van der Waals surface area contributed by atoms with E-state index in [9.17, 15) is 4.79 Å². The van der Waals surface area contributed by atoms with Crippen LogP contribution in [0.4, 0.5) is 5.69 Å². The normalized spacial score (nSPS) is 11.5. The van der Waals surface area contributed by atoms with Gasteiger partial charge in [-0.15, -0.1) is 0 Å². The highest BCUT2D eigenvalue weighted by Gasteiger charge is 2.21. The molecule has 0 unspecified atom stereocenters. The Morgan fingerprint density at radius 1 is 0.857 bits per heavy atom. The third-order valence-corrected chi connectivity index (χ3v) is 4.89. The number of ether oxygens (including phenoxy) is 1. The van der Waals surface area contributed by atoms with E-state index >= 15 is 0 Å². The molecule has 5 rings (SSSR count). The van der Waals surface area contributed by atoms with Crippen molar-refractivity contribution in [3.63, 3.8) is 0 Å². The minimum atomic E-state index is -0.565. The summed E-state index contributed by atoms with van der Waals surface area (Å²) in [4.78, 5) is 12.0. The summed E-state index contributed by atoms with van der Waals surface area (Å²) in [5, 5.41) is 2.57. The Balaban J connectivity index is 1.69. The first-order chi connectivity index (χ1) is 13.7. The summed E-state index contributed by atoms with van der Waals surface area (Å²) in [5.41, 5.74) is 10.6. The smallest absolute Gasteiger partial charge is 0.376 e. The zero-order chi connectivity index (χ0) is 19.3. The minimum Gasteiger partial charge on any atom is -0.460 e. The molecule has 2 heterocycles. The number of nitrogens with two attached hydrogens (primary N) is 1. The van der Waals surface area contributed by atoms with Crippen LogP contribution in [0.3, 0.4) is 0 Å². The van der Waals surface area contributed by atoms with Gasteiger partial charge in [-0.1, -0.05) is 36.4 Å². The molecule has 0 fully saturated rings. The summed E-state index contributed by atoms with van der Waals surface area (Å²) in [7, 11) is 0. The van der Waals surface area contributed by atoms with Crippen LogP contribution in [0.25, 0.3) is 44.0 Å². The van der Waals surface area contributed by atoms with Gasteiger partial charge in [-0.3, -0.25) is 0 Å². The van der Waals surface area contributed by atoms with Gasteiger partial charge >= 0.3 is 5.97 Å². The summed E-state index contributed by atoms with van der Waals surface area (Å²) < 4.78 is 16.7. The molecule has 0 saturated heterocycles. The Bertz CT molecular complexity index is 1350. The number of fused-ring (bicyclic) bond motifs is 4. The quantitative estimate of drug-likeness (QED) is 0.408. The van der Waals surface area contributed by atoms with Crippen molar-refractivity contribution in [1.82, 2.24) is 0 Å². The fourth-order valence-corrected chi connectivity index (χ4v) is 3.54. The Labute approximate surface area is 160 Å². The number of hydrogen-bond acceptors (Lipinski definition) is 5. The van der Waals surface area contributed by atoms with Crippen molar-refractivity contribution in [3.8, 4) is 11.1 Å². The lowest BCUT2D eigenvalue weighted by Gasteiger charge is -2.00. The van der Waals surface area contributed by atoms with Crippen LogP contribution in [0, 0.1) is 0 Å². The summed E-state index contributed by atoms with van der Waals surface area (Å²) >= 11 is 0. The van der Waals surface area contributed by atoms with Gasteiger partial charge in [0.1, 0.15) is 16.7 Å². The summed E-state index contributed by atoms with van der Waals surface area (Å²) in [6.45, 7) is 1.99. The fraction of sp³-hybridized carbons (Fsp3) is 0.0870. The lowest BCUT2D eigenvalue weighted by Crippen LogP contribution is -2.05. The van der Waals surface area contributed by atoms with Gasteiger partial charge in [-0.2, -0.15) is 0 Å². The molecule has 0 amide bonds. The number of hydrogen-bond donors (Lipinski definition) is 1. The maximum absolute atomic E-state index is 12.0. The van der Waals surface area contributed by atoms with Gasteiger partial charge in [-0.05, 0) is 36.2 Å². The summed E-state index contributed by atoms with van der Waals surface area (Å²) in [6.07, 6.45) is 0. The van der Waals surface area contributed by atoms with Gasteiger partial charge in [0.05, 0.1) is 12.3 Å². The van der Waals surface area contributed by atoms with Crippen LogP contribution in [0.2, 0.25) is 0 Å². The number of furan rings is 2. The van der Waals surface area contributed by atoms with E-state index in [1.807, 2.05) is 36.4 Å². The zero-order valence-electron chi connectivity index (χ0n) is 15.2. The Kier molecular flexibility index (Phi) is 3.62. The van der Waals surface area contributed by atoms with Crippen LogP contribution < -0.4 is 5.73 Å². The van der Waals surface area contributed by atoms with E-state index in [2.05, 4.69) is 18.2 Å². The van der Waals surface area contributed by atoms with Crippen molar-refractivity contribution in [3.05, 3.63) is 66.4 Å². The predicted octanol–water partition coefficient (Wildman–Crippen LogP) is 5.76. The van der Waals surface area contributed by atoms with E-state index in [1.54, 1.807) is 13.0 Å². The molecule has 5 nitrogen and oxygen atoms in total. The lowest BCUT2D eigenvalue weighted by atomic mass is 10.0. The van der Waals surface area contributed by atoms with Crippen LogP contribution in [0.5, 0.6) is 0 Å². The average molecular weight is 371 g/mol. The van der Waals surface area contributed by atoms with Crippen LogP contribution in [-0.2, 0) is 4.74 Å². The highest BCUT2D eigenvalue weighted by atomic mass is 16.5. The number of esters is 1. The maximum atomic E-state index is 12.0. The third kappa shape index (κ3) is 2.44. The van der Waals surface area contributed by atoms with Crippen molar-refractivity contribution in [2.24, 2.45) is 0 Å². The molecule has 0 atom stereocenters. The second-order valence-electron chi connectivity index (χ2n) is 6.59. The van der Waals surface area contributed by atoms with Crippen molar-refractivity contribution < 1.29 is 18.4 Å². The van der Waals surface area contributed by atoms with E-state index in [0.29, 0.717) is 16.6 Å². The van der Waals surface area contributed by atoms with E-state index in [1.165, 1.54) is 0 Å². The largest absolute Gasteiger partial charge is 0.460 e. The molecule has 28 heavy (non-hydrogen) atoms. The first-order valence-electron chi connectivity index (χ1n) is 9.06. The molecule has 5 heteroatoms. The predicted molar refractivity (Wildman–Crippen MR) is 109 cm³/mol. The molecule has 0 spiro atoms. The molecule has 0 saturated carbocycles. The van der Waals surface area contributed by atoms with Gasteiger partial charge in [0.2, 0.25) is 5.76 Å². The first-order valence-corrected chi connectivity index (χ1v) is 9.06. The molecule has 5 aromatic rings. The van der Waals surface area contributed by atoms with E-state index in [4.69, 9.17) is 19.3 Å². The van der Waals surface area contributed by atoms with Gasteiger partial charge in [0, 0.05) is 22.2 Å². The Morgan fingerprint density at radius 2 is 1.61 bits per heavy atom. The number of nitrogen functional groups attached to an aromatic ring is 1. The van der Waals surface area contributed by atoms with Gasteiger partial charge in [0.15, 0.2) is 0 Å². The third-order valence-electron chi connectivity index (χ3n) is 4.89. The van der Waals surface area contributed by atoms with Crippen molar-refractivity contribution in [1.29, 1.82) is 0 Å². The molecule has 0 bridgehead atoms. The molecule has 0 aliphatic heterocycles.